The van der Waals surface area contributed by atoms with Gasteiger partial charge in [-0.15, -0.1) is 0 Å². The molecule has 34 heavy (non-hydrogen) atoms. The van der Waals surface area contributed by atoms with Crippen molar-refractivity contribution < 1.29 is 18.7 Å². The summed E-state index contributed by atoms with van der Waals surface area (Å²) in [5.74, 6) is -1.37. The van der Waals surface area contributed by atoms with E-state index < -0.39 is 12.1 Å². The molecule has 5 unspecified atom stereocenters. The molecule has 0 radical (unpaired) electrons. The summed E-state index contributed by atoms with van der Waals surface area (Å²) in [5.41, 5.74) is 1.65. The van der Waals surface area contributed by atoms with Gasteiger partial charge in [0.15, 0.2) is 5.78 Å². The molecule has 6 nitrogen and oxygen atoms in total. The van der Waals surface area contributed by atoms with Crippen LogP contribution in [0.4, 0.5) is 4.39 Å². The first kappa shape index (κ1) is 24.1. The number of amides is 1. The van der Waals surface area contributed by atoms with Crippen LogP contribution < -0.4 is 10.1 Å². The average Bonchev–Trinajstić information content (AvgIpc) is 2.83. The van der Waals surface area contributed by atoms with Crippen molar-refractivity contribution in [2.24, 2.45) is 11.8 Å². The maximum Gasteiger partial charge on any atom is 0.231 e. The highest BCUT2D eigenvalue weighted by molar-refractivity contribution is 6.09. The number of aromatic nitrogens is 1. The van der Waals surface area contributed by atoms with E-state index in [-0.39, 0.29) is 29.6 Å². The number of fused-ring (bicyclic) bond motifs is 1. The van der Waals surface area contributed by atoms with Crippen molar-refractivity contribution in [1.82, 2.24) is 15.2 Å². The van der Waals surface area contributed by atoms with E-state index >= 15 is 0 Å². The Bertz CT molecular complexity index is 1010. The molecule has 0 bridgehead atoms. The van der Waals surface area contributed by atoms with Crippen LogP contribution in [-0.2, 0) is 9.59 Å². The molecule has 2 fully saturated rings. The van der Waals surface area contributed by atoms with Crippen molar-refractivity contribution in [1.29, 1.82) is 0 Å². The van der Waals surface area contributed by atoms with Crippen LogP contribution in [0.2, 0.25) is 0 Å². The first-order valence-electron chi connectivity index (χ1n) is 11.9. The lowest BCUT2D eigenvalue weighted by Crippen LogP contribution is -2.57. The van der Waals surface area contributed by atoms with E-state index in [1.54, 1.807) is 18.3 Å². The number of hydrogen-bond donors (Lipinski definition) is 1. The van der Waals surface area contributed by atoms with E-state index in [9.17, 15) is 14.0 Å². The molecule has 1 aliphatic carbocycles. The number of ketones is 1. The largest absolute Gasteiger partial charge is 0.476 e. The van der Waals surface area contributed by atoms with Crippen LogP contribution in [-0.4, -0.2) is 61.0 Å². The molecular weight excluding hydrogens is 433 g/mol. The smallest absolute Gasteiger partial charge is 0.231 e. The average molecular weight is 466 g/mol. The van der Waals surface area contributed by atoms with Gasteiger partial charge < -0.3 is 15.0 Å². The lowest BCUT2D eigenvalue weighted by atomic mass is 9.64. The van der Waals surface area contributed by atoms with Gasteiger partial charge in [0, 0.05) is 30.8 Å². The first-order valence-corrected chi connectivity index (χ1v) is 11.9. The summed E-state index contributed by atoms with van der Waals surface area (Å²) in [7, 11) is 3.95. The van der Waals surface area contributed by atoms with Crippen molar-refractivity contribution in [3.8, 4) is 5.88 Å². The van der Waals surface area contributed by atoms with Crippen molar-refractivity contribution >= 4 is 17.8 Å². The Labute approximate surface area is 200 Å². The molecule has 4 rings (SSSR count). The molecule has 2 aromatic rings. The molecule has 1 N–H and O–H groups in total. The normalized spacial score (nSPS) is 26.8. The second kappa shape index (κ2) is 10.9. The van der Waals surface area contributed by atoms with Crippen molar-refractivity contribution in [3.05, 3.63) is 65.9 Å². The van der Waals surface area contributed by atoms with Gasteiger partial charge in [0.2, 0.25) is 11.8 Å². The second-order valence-corrected chi connectivity index (χ2v) is 9.42. The van der Waals surface area contributed by atoms with Gasteiger partial charge in [-0.05, 0) is 68.6 Å². The third kappa shape index (κ3) is 5.70. The summed E-state index contributed by atoms with van der Waals surface area (Å²) < 4.78 is 20.0. The SMILES string of the molecule is CN(C)CCOc1ccc(/C=C/C(=O)C2C(=O)NC3CCC(F)CC3C2c2ccccc2)cn1. The predicted octanol–water partition coefficient (Wildman–Crippen LogP) is 3.64. The maximum atomic E-state index is 14.4. The molecule has 1 amide bonds. The zero-order valence-electron chi connectivity index (χ0n) is 19.7. The zero-order valence-corrected chi connectivity index (χ0v) is 19.7. The molecule has 7 heteroatoms. The molecule has 2 aliphatic rings. The molecule has 1 aliphatic heterocycles. The van der Waals surface area contributed by atoms with E-state index in [0.29, 0.717) is 31.7 Å². The molecule has 1 aromatic heterocycles. The first-order chi connectivity index (χ1) is 16.4. The molecule has 1 aromatic carbocycles. The number of nitrogens with zero attached hydrogens (tertiary/aromatic N) is 2. The number of carbonyl (C=O) groups excluding carboxylic acids is 2. The number of halogens is 1. The predicted molar refractivity (Wildman–Crippen MR) is 129 cm³/mol. The highest BCUT2D eigenvalue weighted by atomic mass is 19.1. The highest BCUT2D eigenvalue weighted by Gasteiger charge is 2.49. The van der Waals surface area contributed by atoms with Crippen molar-refractivity contribution in [2.75, 3.05) is 27.2 Å². The summed E-state index contributed by atoms with van der Waals surface area (Å²) in [6, 6.07) is 13.1. The standard InChI is InChI=1S/C27H32FN3O3/c1-31(2)14-15-34-24-13-9-18(17-29-24)8-12-23(32)26-25(19-6-4-3-5-7-19)21-16-20(28)10-11-22(21)30-27(26)33/h3-9,12-13,17,20-22,25-26H,10-11,14-16H2,1-2H3,(H,30,33)/b12-8+. The number of ether oxygens (including phenoxy) is 1. The van der Waals surface area contributed by atoms with Gasteiger partial charge >= 0.3 is 0 Å². The van der Waals surface area contributed by atoms with Gasteiger partial charge in [-0.2, -0.15) is 0 Å². The number of likely N-dealkylation sites (N-methyl/N-ethyl adjacent to an activating group) is 1. The monoisotopic (exact) mass is 465 g/mol. The maximum absolute atomic E-state index is 14.4. The van der Waals surface area contributed by atoms with Crippen molar-refractivity contribution in [2.45, 2.75) is 37.4 Å². The number of allylic oxidation sites excluding steroid dienone is 1. The Morgan fingerprint density at radius 2 is 2.00 bits per heavy atom. The van der Waals surface area contributed by atoms with Crippen molar-refractivity contribution in [3.63, 3.8) is 0 Å². The Morgan fingerprint density at radius 1 is 1.21 bits per heavy atom. The minimum absolute atomic E-state index is 0.0954. The Kier molecular flexibility index (Phi) is 7.73. The number of carbonyl (C=O) groups is 2. The summed E-state index contributed by atoms with van der Waals surface area (Å²) in [6.07, 6.45) is 5.25. The Hall–Kier alpha value is -3.06. The summed E-state index contributed by atoms with van der Waals surface area (Å²) in [6.45, 7) is 1.32. The van der Waals surface area contributed by atoms with Crippen LogP contribution in [0.3, 0.4) is 0 Å². The number of alkyl halides is 1. The van der Waals surface area contributed by atoms with Gasteiger partial charge in [0.25, 0.3) is 0 Å². The molecule has 0 spiro atoms. The summed E-state index contributed by atoms with van der Waals surface area (Å²) in [5, 5.41) is 3.01. The molecule has 1 saturated carbocycles. The van der Waals surface area contributed by atoms with E-state index in [0.717, 1.165) is 17.7 Å². The third-order valence-electron chi connectivity index (χ3n) is 6.74. The van der Waals surface area contributed by atoms with E-state index in [1.165, 1.54) is 6.08 Å². The topological polar surface area (TPSA) is 71.5 Å². The Morgan fingerprint density at radius 3 is 2.71 bits per heavy atom. The quantitative estimate of drug-likeness (QED) is 0.476. The third-order valence-corrected chi connectivity index (χ3v) is 6.74. The van der Waals surface area contributed by atoms with Crippen LogP contribution >= 0.6 is 0 Å². The molecule has 2 heterocycles. The molecular formula is C27H32FN3O3. The van der Waals surface area contributed by atoms with Gasteiger partial charge in [-0.1, -0.05) is 30.3 Å². The highest BCUT2D eigenvalue weighted by Crippen LogP contribution is 2.45. The van der Waals surface area contributed by atoms with Gasteiger partial charge in [0.1, 0.15) is 18.7 Å². The summed E-state index contributed by atoms with van der Waals surface area (Å²) in [4.78, 5) is 32.7. The minimum atomic E-state index is -0.904. The fraction of sp³-hybridized carbons (Fsp3) is 0.444. The van der Waals surface area contributed by atoms with E-state index in [1.807, 2.05) is 55.4 Å². The minimum Gasteiger partial charge on any atom is -0.476 e. The number of pyridine rings is 1. The molecule has 5 atom stereocenters. The number of benzene rings is 1. The molecule has 180 valence electrons. The zero-order chi connectivity index (χ0) is 24.1. The van der Waals surface area contributed by atoms with Crippen LogP contribution in [0.5, 0.6) is 5.88 Å². The van der Waals surface area contributed by atoms with Crippen LogP contribution in [0, 0.1) is 11.8 Å². The number of piperidine rings is 1. The fourth-order valence-electron chi connectivity index (χ4n) is 5.02. The summed E-state index contributed by atoms with van der Waals surface area (Å²) >= 11 is 0. The number of nitrogens with one attached hydrogen (secondary N) is 1. The lowest BCUT2D eigenvalue weighted by molar-refractivity contribution is -0.138. The lowest BCUT2D eigenvalue weighted by Gasteiger charge is -2.45. The fourth-order valence-corrected chi connectivity index (χ4v) is 5.02. The molecule has 1 saturated heterocycles. The van der Waals surface area contributed by atoms with E-state index in [2.05, 4.69) is 10.3 Å². The van der Waals surface area contributed by atoms with Crippen LogP contribution in [0.25, 0.3) is 6.08 Å². The Balaban J connectivity index is 1.51. The van der Waals surface area contributed by atoms with Crippen LogP contribution in [0.1, 0.15) is 36.3 Å². The van der Waals surface area contributed by atoms with Gasteiger partial charge in [-0.25, -0.2) is 9.37 Å². The van der Waals surface area contributed by atoms with E-state index in [4.69, 9.17) is 4.74 Å². The number of hydrogen-bond acceptors (Lipinski definition) is 5. The van der Waals surface area contributed by atoms with Gasteiger partial charge in [0.05, 0.1) is 0 Å². The number of rotatable bonds is 8. The second-order valence-electron chi connectivity index (χ2n) is 9.42. The van der Waals surface area contributed by atoms with Gasteiger partial charge in [-0.3, -0.25) is 9.59 Å². The van der Waals surface area contributed by atoms with Crippen LogP contribution in [0.15, 0.2) is 54.7 Å².